The number of pyridine rings is 1. The Morgan fingerprint density at radius 1 is 0.857 bits per heavy atom. The SMILES string of the molecule is CS(=O)(=O)N(CC(=O)Nc1ccc(S(=O)(=O)Nc2ccccn2)cc1)c1cccc2ccccc12. The second kappa shape index (κ2) is 9.72. The van der Waals surface area contributed by atoms with Gasteiger partial charge in [0.05, 0.1) is 16.8 Å². The number of nitrogens with zero attached hydrogens (tertiary/aromatic N) is 2. The third-order valence-electron chi connectivity index (χ3n) is 5.08. The number of benzene rings is 3. The van der Waals surface area contributed by atoms with Crippen LogP contribution < -0.4 is 14.3 Å². The van der Waals surface area contributed by atoms with E-state index in [0.717, 1.165) is 15.9 Å². The number of carbonyl (C=O) groups excluding carboxylic acids is 1. The average Bonchev–Trinajstić information content (AvgIpc) is 2.82. The van der Waals surface area contributed by atoms with Gasteiger partial charge in [-0.05, 0) is 47.9 Å². The fourth-order valence-electron chi connectivity index (χ4n) is 3.47. The van der Waals surface area contributed by atoms with E-state index >= 15 is 0 Å². The molecule has 0 unspecified atom stereocenters. The van der Waals surface area contributed by atoms with E-state index in [0.29, 0.717) is 16.8 Å². The average molecular weight is 511 g/mol. The summed E-state index contributed by atoms with van der Waals surface area (Å²) in [4.78, 5) is 16.7. The highest BCUT2D eigenvalue weighted by atomic mass is 32.2. The van der Waals surface area contributed by atoms with Crippen LogP contribution in [0.3, 0.4) is 0 Å². The van der Waals surface area contributed by atoms with Crippen molar-refractivity contribution in [3.63, 3.8) is 0 Å². The lowest BCUT2D eigenvalue weighted by Gasteiger charge is -2.23. The first-order chi connectivity index (χ1) is 16.6. The van der Waals surface area contributed by atoms with Gasteiger partial charge >= 0.3 is 0 Å². The first-order valence-electron chi connectivity index (χ1n) is 10.4. The van der Waals surface area contributed by atoms with Crippen molar-refractivity contribution in [3.8, 4) is 0 Å². The highest BCUT2D eigenvalue weighted by molar-refractivity contribution is 7.92. The van der Waals surface area contributed by atoms with Gasteiger partial charge in [-0.1, -0.05) is 42.5 Å². The Kier molecular flexibility index (Phi) is 6.72. The minimum atomic E-state index is -3.87. The van der Waals surface area contributed by atoms with E-state index in [-0.39, 0.29) is 10.7 Å². The Labute approximate surface area is 203 Å². The molecule has 3 aromatic carbocycles. The molecule has 0 aliphatic rings. The first-order valence-corrected chi connectivity index (χ1v) is 13.8. The van der Waals surface area contributed by atoms with Crippen molar-refractivity contribution in [1.82, 2.24) is 4.98 Å². The number of nitrogens with one attached hydrogen (secondary N) is 2. The van der Waals surface area contributed by atoms with E-state index in [2.05, 4.69) is 15.0 Å². The smallest absolute Gasteiger partial charge is 0.263 e. The summed E-state index contributed by atoms with van der Waals surface area (Å²) in [7, 11) is -7.64. The number of sulfonamides is 2. The lowest BCUT2D eigenvalue weighted by atomic mass is 10.1. The van der Waals surface area contributed by atoms with Gasteiger partial charge in [-0.2, -0.15) is 0 Å². The van der Waals surface area contributed by atoms with Crippen molar-refractivity contribution in [2.75, 3.05) is 27.1 Å². The Balaban J connectivity index is 1.51. The van der Waals surface area contributed by atoms with Gasteiger partial charge < -0.3 is 5.32 Å². The zero-order valence-electron chi connectivity index (χ0n) is 18.6. The van der Waals surface area contributed by atoms with Gasteiger partial charge in [0.25, 0.3) is 10.0 Å². The monoisotopic (exact) mass is 510 g/mol. The van der Waals surface area contributed by atoms with Crippen LogP contribution in [0, 0.1) is 0 Å². The van der Waals surface area contributed by atoms with Crippen LogP contribution in [-0.2, 0) is 24.8 Å². The molecule has 0 aliphatic carbocycles. The van der Waals surface area contributed by atoms with E-state index in [1.165, 1.54) is 36.5 Å². The molecule has 0 saturated heterocycles. The molecule has 1 amide bonds. The van der Waals surface area contributed by atoms with Crippen molar-refractivity contribution < 1.29 is 21.6 Å². The van der Waals surface area contributed by atoms with E-state index < -0.39 is 32.5 Å². The zero-order chi connectivity index (χ0) is 25.1. The van der Waals surface area contributed by atoms with Gasteiger partial charge in [0.1, 0.15) is 12.4 Å². The largest absolute Gasteiger partial charge is 0.325 e. The van der Waals surface area contributed by atoms with Crippen molar-refractivity contribution in [2.24, 2.45) is 0 Å². The highest BCUT2D eigenvalue weighted by Crippen LogP contribution is 2.28. The number of fused-ring (bicyclic) bond motifs is 1. The molecule has 180 valence electrons. The number of carbonyl (C=O) groups is 1. The van der Waals surface area contributed by atoms with Gasteiger partial charge in [-0.15, -0.1) is 0 Å². The number of rotatable bonds is 8. The molecule has 0 radical (unpaired) electrons. The van der Waals surface area contributed by atoms with Crippen LogP contribution >= 0.6 is 0 Å². The molecule has 35 heavy (non-hydrogen) atoms. The molecule has 11 heteroatoms. The van der Waals surface area contributed by atoms with E-state index in [1.807, 2.05) is 18.2 Å². The van der Waals surface area contributed by atoms with Crippen LogP contribution in [0.15, 0.2) is 96.0 Å². The Hall–Kier alpha value is -3.96. The number of hydrogen-bond acceptors (Lipinski definition) is 6. The lowest BCUT2D eigenvalue weighted by Crippen LogP contribution is -2.37. The predicted octanol–water partition coefficient (Wildman–Crippen LogP) is 3.44. The molecular weight excluding hydrogens is 488 g/mol. The Morgan fingerprint density at radius 2 is 1.54 bits per heavy atom. The second-order valence-electron chi connectivity index (χ2n) is 7.66. The summed E-state index contributed by atoms with van der Waals surface area (Å²) in [5.74, 6) is -0.398. The van der Waals surface area contributed by atoms with Crippen LogP contribution in [0.2, 0.25) is 0 Å². The first kappa shape index (κ1) is 24.2. The van der Waals surface area contributed by atoms with Crippen molar-refractivity contribution in [2.45, 2.75) is 4.90 Å². The van der Waals surface area contributed by atoms with Gasteiger partial charge in [0.15, 0.2) is 0 Å². The summed E-state index contributed by atoms with van der Waals surface area (Å²) >= 11 is 0. The predicted molar refractivity (Wildman–Crippen MR) is 136 cm³/mol. The Morgan fingerprint density at radius 3 is 2.23 bits per heavy atom. The summed E-state index contributed by atoms with van der Waals surface area (Å²) in [6.45, 7) is -0.450. The van der Waals surface area contributed by atoms with Crippen molar-refractivity contribution in [1.29, 1.82) is 0 Å². The summed E-state index contributed by atoms with van der Waals surface area (Å²) in [5.41, 5.74) is 0.709. The van der Waals surface area contributed by atoms with Gasteiger partial charge in [0.2, 0.25) is 15.9 Å². The molecule has 0 fully saturated rings. The maximum Gasteiger partial charge on any atom is 0.263 e. The van der Waals surface area contributed by atoms with Crippen LogP contribution in [0.25, 0.3) is 10.8 Å². The topological polar surface area (TPSA) is 126 Å². The third kappa shape index (κ3) is 5.76. The normalized spacial score (nSPS) is 11.7. The van der Waals surface area contributed by atoms with E-state index in [4.69, 9.17) is 0 Å². The molecule has 0 spiro atoms. The second-order valence-corrected chi connectivity index (χ2v) is 11.3. The van der Waals surface area contributed by atoms with Crippen LogP contribution in [-0.4, -0.2) is 40.5 Å². The maximum absolute atomic E-state index is 12.7. The quantitative estimate of drug-likeness (QED) is 0.374. The van der Waals surface area contributed by atoms with Crippen LogP contribution in [0.1, 0.15) is 0 Å². The molecule has 0 atom stereocenters. The lowest BCUT2D eigenvalue weighted by molar-refractivity contribution is -0.114. The van der Waals surface area contributed by atoms with E-state index in [1.54, 1.807) is 36.4 Å². The summed E-state index contributed by atoms with van der Waals surface area (Å²) < 4.78 is 53.6. The van der Waals surface area contributed by atoms with Gasteiger partial charge in [-0.3, -0.25) is 13.8 Å². The van der Waals surface area contributed by atoms with Gasteiger partial charge in [0, 0.05) is 17.3 Å². The number of anilines is 3. The molecule has 9 nitrogen and oxygen atoms in total. The fourth-order valence-corrected chi connectivity index (χ4v) is 5.35. The molecular formula is C24H22N4O5S2. The van der Waals surface area contributed by atoms with Crippen LogP contribution in [0.5, 0.6) is 0 Å². The molecule has 0 aliphatic heterocycles. The standard InChI is InChI=1S/C24H22N4O5S2/c1-34(30,31)28(22-10-6-8-18-7-2-3-9-21(18)22)17-24(29)26-19-12-14-20(15-13-19)35(32,33)27-23-11-4-5-16-25-23/h2-16H,17H2,1H3,(H,25,27)(H,26,29). The molecule has 0 bridgehead atoms. The summed E-state index contributed by atoms with van der Waals surface area (Å²) in [6, 6.07) is 22.9. The van der Waals surface area contributed by atoms with Crippen molar-refractivity contribution >= 4 is 53.9 Å². The van der Waals surface area contributed by atoms with E-state index in [9.17, 15) is 21.6 Å². The molecule has 4 rings (SSSR count). The number of hydrogen-bond donors (Lipinski definition) is 2. The van der Waals surface area contributed by atoms with Crippen molar-refractivity contribution in [3.05, 3.63) is 91.1 Å². The third-order valence-corrected chi connectivity index (χ3v) is 7.57. The van der Waals surface area contributed by atoms with Crippen LogP contribution in [0.4, 0.5) is 17.2 Å². The zero-order valence-corrected chi connectivity index (χ0v) is 20.3. The molecule has 4 aromatic rings. The minimum absolute atomic E-state index is 0.0188. The Bertz CT molecular complexity index is 1570. The molecule has 1 heterocycles. The number of aromatic nitrogens is 1. The highest BCUT2D eigenvalue weighted by Gasteiger charge is 2.23. The molecule has 0 saturated carbocycles. The summed E-state index contributed by atoms with van der Waals surface area (Å²) in [5, 5.41) is 4.16. The summed E-state index contributed by atoms with van der Waals surface area (Å²) in [6.07, 6.45) is 2.50. The maximum atomic E-state index is 12.7. The molecule has 1 aromatic heterocycles. The molecule has 2 N–H and O–H groups in total. The number of amides is 1. The van der Waals surface area contributed by atoms with Gasteiger partial charge in [-0.25, -0.2) is 21.8 Å². The fraction of sp³-hybridized carbons (Fsp3) is 0.0833. The minimum Gasteiger partial charge on any atom is -0.325 e.